The number of thiophene rings is 1. The molecule has 104 valence electrons. The van der Waals surface area contributed by atoms with E-state index < -0.39 is 0 Å². The van der Waals surface area contributed by atoms with Crippen molar-refractivity contribution in [1.29, 1.82) is 0 Å². The lowest BCUT2D eigenvalue weighted by Gasteiger charge is -2.31. The van der Waals surface area contributed by atoms with Gasteiger partial charge in [0, 0.05) is 36.7 Å². The summed E-state index contributed by atoms with van der Waals surface area (Å²) in [4.78, 5) is 3.75. The number of hydrogen-bond donors (Lipinski definition) is 1. The highest BCUT2D eigenvalue weighted by atomic mass is 32.1. The molecule has 1 N–H and O–H groups in total. The minimum atomic E-state index is 0.149. The summed E-state index contributed by atoms with van der Waals surface area (Å²) in [7, 11) is 3.93. The predicted octanol–water partition coefficient (Wildman–Crippen LogP) is 2.58. The Hall–Kier alpha value is -0.420. The van der Waals surface area contributed by atoms with Gasteiger partial charge in [-0.15, -0.1) is 11.3 Å². The van der Waals surface area contributed by atoms with Crippen LogP contribution in [-0.2, 0) is 11.3 Å². The number of methoxy groups -OCH3 is 1. The van der Waals surface area contributed by atoms with Gasteiger partial charge in [-0.1, -0.05) is 6.07 Å². The van der Waals surface area contributed by atoms with Gasteiger partial charge in [0.05, 0.1) is 6.61 Å². The Bertz CT molecular complexity index is 319. The Morgan fingerprint density at radius 2 is 2.17 bits per heavy atom. The largest absolute Gasteiger partial charge is 0.383 e. The van der Waals surface area contributed by atoms with Crippen LogP contribution < -0.4 is 5.32 Å². The molecule has 18 heavy (non-hydrogen) atoms. The van der Waals surface area contributed by atoms with Gasteiger partial charge in [-0.25, -0.2) is 0 Å². The van der Waals surface area contributed by atoms with E-state index in [9.17, 15) is 0 Å². The molecular weight excluding hydrogens is 244 g/mol. The summed E-state index contributed by atoms with van der Waals surface area (Å²) in [5.74, 6) is 0. The van der Waals surface area contributed by atoms with Crippen LogP contribution >= 0.6 is 11.3 Å². The van der Waals surface area contributed by atoms with Crippen LogP contribution in [0.3, 0.4) is 0 Å². The van der Waals surface area contributed by atoms with E-state index in [1.807, 2.05) is 11.3 Å². The monoisotopic (exact) mass is 270 g/mol. The van der Waals surface area contributed by atoms with E-state index in [0.717, 1.165) is 19.7 Å². The predicted molar refractivity (Wildman–Crippen MR) is 79.2 cm³/mol. The molecular formula is C14H26N2OS. The van der Waals surface area contributed by atoms with Gasteiger partial charge in [-0.3, -0.25) is 4.90 Å². The summed E-state index contributed by atoms with van der Waals surface area (Å²) in [6.07, 6.45) is 0. The zero-order chi connectivity index (χ0) is 13.6. The van der Waals surface area contributed by atoms with Crippen molar-refractivity contribution in [2.75, 3.05) is 27.3 Å². The van der Waals surface area contributed by atoms with Crippen molar-refractivity contribution in [3.63, 3.8) is 0 Å². The smallest absolute Gasteiger partial charge is 0.0630 e. The Labute approximate surface area is 115 Å². The summed E-state index contributed by atoms with van der Waals surface area (Å²) in [6, 6.07) is 4.69. The molecule has 0 saturated heterocycles. The molecule has 0 amide bonds. The quantitative estimate of drug-likeness (QED) is 0.824. The second-order valence-electron chi connectivity index (χ2n) is 5.73. The normalized spacial score (nSPS) is 14.1. The molecule has 1 atom stereocenters. The third-order valence-electron chi connectivity index (χ3n) is 2.84. The number of hydrogen-bond acceptors (Lipinski definition) is 4. The topological polar surface area (TPSA) is 24.5 Å². The Balaban J connectivity index is 2.49. The molecule has 0 aliphatic carbocycles. The van der Waals surface area contributed by atoms with E-state index >= 15 is 0 Å². The third-order valence-corrected chi connectivity index (χ3v) is 3.70. The van der Waals surface area contributed by atoms with E-state index in [2.05, 4.69) is 55.5 Å². The van der Waals surface area contributed by atoms with Crippen molar-refractivity contribution in [2.24, 2.45) is 0 Å². The fourth-order valence-corrected chi connectivity index (χ4v) is 2.50. The fraction of sp³-hybridized carbons (Fsp3) is 0.714. The molecule has 1 aromatic heterocycles. The molecule has 3 nitrogen and oxygen atoms in total. The summed E-state index contributed by atoms with van der Waals surface area (Å²) < 4.78 is 5.33. The van der Waals surface area contributed by atoms with Gasteiger partial charge in [0.15, 0.2) is 0 Å². The van der Waals surface area contributed by atoms with Gasteiger partial charge in [-0.2, -0.15) is 0 Å². The zero-order valence-electron chi connectivity index (χ0n) is 12.2. The SMILES string of the molecule is COCC(CNC(C)(C)C)N(C)Cc1cccs1. The lowest BCUT2D eigenvalue weighted by atomic mass is 10.1. The highest BCUT2D eigenvalue weighted by Crippen LogP contribution is 2.13. The second-order valence-corrected chi connectivity index (χ2v) is 6.77. The minimum absolute atomic E-state index is 0.149. The van der Waals surface area contributed by atoms with E-state index in [1.165, 1.54) is 4.88 Å². The van der Waals surface area contributed by atoms with Gasteiger partial charge in [-0.05, 0) is 39.3 Å². The van der Waals surface area contributed by atoms with E-state index in [4.69, 9.17) is 4.74 Å². The Morgan fingerprint density at radius 1 is 1.44 bits per heavy atom. The summed E-state index contributed by atoms with van der Waals surface area (Å²) in [5.41, 5.74) is 0.149. The van der Waals surface area contributed by atoms with Crippen molar-refractivity contribution in [1.82, 2.24) is 10.2 Å². The number of likely N-dealkylation sites (N-methyl/N-ethyl adjacent to an activating group) is 1. The van der Waals surface area contributed by atoms with Crippen molar-refractivity contribution in [3.8, 4) is 0 Å². The van der Waals surface area contributed by atoms with Crippen LogP contribution in [0.15, 0.2) is 17.5 Å². The first kappa shape index (κ1) is 15.6. The van der Waals surface area contributed by atoms with Crippen molar-refractivity contribution in [2.45, 2.75) is 38.9 Å². The fourth-order valence-electron chi connectivity index (χ4n) is 1.74. The van der Waals surface area contributed by atoms with Gasteiger partial charge < -0.3 is 10.1 Å². The van der Waals surface area contributed by atoms with Gasteiger partial charge in [0.1, 0.15) is 0 Å². The van der Waals surface area contributed by atoms with E-state index in [1.54, 1.807) is 7.11 Å². The molecule has 0 aromatic carbocycles. The average Bonchev–Trinajstić information content (AvgIpc) is 2.75. The molecule has 1 rings (SSSR count). The van der Waals surface area contributed by atoms with Crippen molar-refractivity contribution < 1.29 is 4.74 Å². The van der Waals surface area contributed by atoms with Crippen LogP contribution in [0.25, 0.3) is 0 Å². The summed E-state index contributed by atoms with van der Waals surface area (Å²) in [6.45, 7) is 9.25. The molecule has 0 aliphatic rings. The van der Waals surface area contributed by atoms with Crippen molar-refractivity contribution >= 4 is 11.3 Å². The second kappa shape index (κ2) is 7.24. The van der Waals surface area contributed by atoms with E-state index in [0.29, 0.717) is 6.04 Å². The third kappa shape index (κ3) is 5.96. The van der Waals surface area contributed by atoms with Crippen LogP contribution in [0, 0.1) is 0 Å². The molecule has 4 heteroatoms. The van der Waals surface area contributed by atoms with Gasteiger partial charge in [0.2, 0.25) is 0 Å². The first-order valence-electron chi connectivity index (χ1n) is 6.39. The maximum atomic E-state index is 5.33. The molecule has 0 fully saturated rings. The first-order chi connectivity index (χ1) is 8.42. The molecule has 0 radical (unpaired) electrons. The van der Waals surface area contributed by atoms with E-state index in [-0.39, 0.29) is 5.54 Å². The zero-order valence-corrected chi connectivity index (χ0v) is 13.0. The number of ether oxygens (including phenoxy) is 1. The minimum Gasteiger partial charge on any atom is -0.383 e. The summed E-state index contributed by atoms with van der Waals surface area (Å²) >= 11 is 1.81. The lowest BCUT2D eigenvalue weighted by Crippen LogP contribution is -2.48. The Kier molecular flexibility index (Phi) is 6.29. The molecule has 1 aromatic rings. The standard InChI is InChI=1S/C14H26N2OS/c1-14(2,3)15-9-12(11-17-5)16(4)10-13-7-6-8-18-13/h6-8,12,15H,9-11H2,1-5H3. The molecule has 0 aliphatic heterocycles. The highest BCUT2D eigenvalue weighted by molar-refractivity contribution is 7.09. The molecule has 1 heterocycles. The van der Waals surface area contributed by atoms with Crippen LogP contribution in [0.4, 0.5) is 0 Å². The Morgan fingerprint density at radius 3 is 2.67 bits per heavy atom. The number of nitrogens with one attached hydrogen (secondary N) is 1. The maximum absolute atomic E-state index is 5.33. The van der Waals surface area contributed by atoms with Crippen LogP contribution in [0.5, 0.6) is 0 Å². The molecule has 0 spiro atoms. The summed E-state index contributed by atoms with van der Waals surface area (Å²) in [5, 5.41) is 5.68. The molecule has 1 unspecified atom stereocenters. The number of rotatable bonds is 7. The lowest BCUT2D eigenvalue weighted by molar-refractivity contribution is 0.0978. The highest BCUT2D eigenvalue weighted by Gasteiger charge is 2.18. The number of nitrogens with zero attached hydrogens (tertiary/aromatic N) is 1. The maximum Gasteiger partial charge on any atom is 0.0630 e. The molecule has 0 saturated carbocycles. The van der Waals surface area contributed by atoms with Crippen LogP contribution in [0.1, 0.15) is 25.6 Å². The van der Waals surface area contributed by atoms with Crippen molar-refractivity contribution in [3.05, 3.63) is 22.4 Å². The average molecular weight is 270 g/mol. The molecule has 0 bridgehead atoms. The van der Waals surface area contributed by atoms with Gasteiger partial charge in [0.25, 0.3) is 0 Å². The van der Waals surface area contributed by atoms with Gasteiger partial charge >= 0.3 is 0 Å². The van der Waals surface area contributed by atoms with Crippen LogP contribution in [-0.4, -0.2) is 43.8 Å². The van der Waals surface area contributed by atoms with Crippen LogP contribution in [0.2, 0.25) is 0 Å². The first-order valence-corrected chi connectivity index (χ1v) is 7.27.